The Morgan fingerprint density at radius 2 is 1.85 bits per heavy atom. The molecular formula is C19H27N3O4S. The highest BCUT2D eigenvalue weighted by molar-refractivity contribution is 7.89. The molecule has 1 heterocycles. The van der Waals surface area contributed by atoms with E-state index >= 15 is 0 Å². The predicted molar refractivity (Wildman–Crippen MR) is 103 cm³/mol. The summed E-state index contributed by atoms with van der Waals surface area (Å²) in [6, 6.07) is 5.69. The van der Waals surface area contributed by atoms with E-state index in [1.54, 1.807) is 37.8 Å². The van der Waals surface area contributed by atoms with Crippen molar-refractivity contribution in [3.63, 3.8) is 0 Å². The summed E-state index contributed by atoms with van der Waals surface area (Å²) in [5, 5.41) is 2.78. The molecule has 0 spiro atoms. The Morgan fingerprint density at radius 1 is 1.15 bits per heavy atom. The third-order valence-electron chi connectivity index (χ3n) is 4.62. The van der Waals surface area contributed by atoms with E-state index in [0.717, 1.165) is 19.3 Å². The first-order chi connectivity index (χ1) is 12.6. The molecule has 1 aliphatic carbocycles. The highest BCUT2D eigenvalue weighted by Crippen LogP contribution is 2.34. The van der Waals surface area contributed by atoms with E-state index in [2.05, 4.69) is 10.0 Å². The Morgan fingerprint density at radius 3 is 2.48 bits per heavy atom. The number of likely N-dealkylation sites (tertiary alicyclic amines) is 1. The number of hydrogen-bond acceptors (Lipinski definition) is 4. The zero-order valence-corrected chi connectivity index (χ0v) is 16.8. The number of rotatable bonds is 5. The zero-order valence-electron chi connectivity index (χ0n) is 16.0. The van der Waals surface area contributed by atoms with Gasteiger partial charge >= 0.3 is 0 Å². The molecule has 2 amide bonds. The van der Waals surface area contributed by atoms with Crippen LogP contribution in [0, 0.1) is 5.92 Å². The summed E-state index contributed by atoms with van der Waals surface area (Å²) in [6.07, 6.45) is 3.25. The quantitative estimate of drug-likeness (QED) is 0.801. The largest absolute Gasteiger partial charge is 0.330 e. The fourth-order valence-electron chi connectivity index (χ4n) is 3.30. The van der Waals surface area contributed by atoms with Crippen molar-refractivity contribution in [3.8, 4) is 0 Å². The van der Waals surface area contributed by atoms with Gasteiger partial charge < -0.3 is 10.2 Å². The summed E-state index contributed by atoms with van der Waals surface area (Å²) in [5.41, 5.74) is -0.200. The lowest BCUT2D eigenvalue weighted by atomic mass is 10.1. The van der Waals surface area contributed by atoms with Crippen LogP contribution in [0.5, 0.6) is 0 Å². The Balaban J connectivity index is 1.72. The highest BCUT2D eigenvalue weighted by atomic mass is 32.2. The third kappa shape index (κ3) is 4.87. The third-order valence-corrected chi connectivity index (χ3v) is 6.37. The van der Waals surface area contributed by atoms with E-state index in [1.165, 1.54) is 12.1 Å². The molecule has 27 heavy (non-hydrogen) atoms. The van der Waals surface area contributed by atoms with Gasteiger partial charge in [-0.25, -0.2) is 13.1 Å². The Bertz CT molecular complexity index is 841. The molecule has 1 aliphatic heterocycles. The van der Waals surface area contributed by atoms with Crippen molar-refractivity contribution >= 4 is 27.5 Å². The Kier molecular flexibility index (Phi) is 5.31. The molecule has 2 fully saturated rings. The molecule has 7 nitrogen and oxygen atoms in total. The molecule has 3 rings (SSSR count). The van der Waals surface area contributed by atoms with Gasteiger partial charge in [0.1, 0.15) is 6.04 Å². The minimum absolute atomic E-state index is 0.0679. The number of nitrogens with zero attached hydrogens (tertiary/aromatic N) is 1. The maximum atomic E-state index is 12.7. The van der Waals surface area contributed by atoms with Crippen molar-refractivity contribution in [2.45, 2.75) is 62.9 Å². The van der Waals surface area contributed by atoms with Crippen LogP contribution in [0.4, 0.5) is 5.69 Å². The molecule has 1 saturated carbocycles. The number of carbonyl (C=O) groups excluding carboxylic acids is 2. The number of anilines is 1. The SMILES string of the molecule is CC(C)(C)NS(=O)(=O)c1cccc(NC(=O)C2CCCN2C(=O)C2CC2)c1. The second-order valence-corrected chi connectivity index (χ2v) is 10.0. The van der Waals surface area contributed by atoms with Gasteiger partial charge in [0.25, 0.3) is 0 Å². The molecule has 0 radical (unpaired) electrons. The molecule has 1 aromatic rings. The number of carbonyl (C=O) groups is 2. The van der Waals surface area contributed by atoms with Gasteiger partial charge in [0.2, 0.25) is 21.8 Å². The number of benzene rings is 1. The Labute approximate surface area is 160 Å². The average molecular weight is 394 g/mol. The second kappa shape index (κ2) is 7.24. The smallest absolute Gasteiger partial charge is 0.247 e. The topological polar surface area (TPSA) is 95.6 Å². The van der Waals surface area contributed by atoms with E-state index in [4.69, 9.17) is 0 Å². The van der Waals surface area contributed by atoms with E-state index < -0.39 is 21.6 Å². The van der Waals surface area contributed by atoms with Gasteiger partial charge in [0, 0.05) is 23.7 Å². The molecule has 1 atom stereocenters. The molecule has 1 unspecified atom stereocenters. The first-order valence-corrected chi connectivity index (χ1v) is 10.8. The molecule has 2 N–H and O–H groups in total. The van der Waals surface area contributed by atoms with Gasteiger partial charge in [0.05, 0.1) is 4.90 Å². The maximum absolute atomic E-state index is 12.7. The van der Waals surface area contributed by atoms with Crippen molar-refractivity contribution in [3.05, 3.63) is 24.3 Å². The normalized spacial score (nSPS) is 20.6. The summed E-state index contributed by atoms with van der Waals surface area (Å²) in [4.78, 5) is 26.8. The predicted octanol–water partition coefficient (Wildman–Crippen LogP) is 2.10. The first-order valence-electron chi connectivity index (χ1n) is 9.32. The second-order valence-electron chi connectivity index (χ2n) is 8.34. The lowest BCUT2D eigenvalue weighted by Gasteiger charge is -2.24. The van der Waals surface area contributed by atoms with E-state index in [1.807, 2.05) is 0 Å². The van der Waals surface area contributed by atoms with E-state index in [-0.39, 0.29) is 22.6 Å². The van der Waals surface area contributed by atoms with Crippen molar-refractivity contribution in [1.29, 1.82) is 0 Å². The number of amides is 2. The van der Waals surface area contributed by atoms with Crippen LogP contribution in [0.2, 0.25) is 0 Å². The van der Waals surface area contributed by atoms with Gasteiger partial charge in [-0.1, -0.05) is 6.07 Å². The minimum atomic E-state index is -3.69. The van der Waals surface area contributed by atoms with Crippen molar-refractivity contribution in [2.75, 3.05) is 11.9 Å². The van der Waals surface area contributed by atoms with Crippen LogP contribution < -0.4 is 10.0 Å². The zero-order chi connectivity index (χ0) is 19.8. The molecule has 148 valence electrons. The van der Waals surface area contributed by atoms with E-state index in [0.29, 0.717) is 18.7 Å². The van der Waals surface area contributed by atoms with Crippen LogP contribution in [-0.2, 0) is 19.6 Å². The molecule has 0 aromatic heterocycles. The van der Waals surface area contributed by atoms with Gasteiger partial charge in [-0.3, -0.25) is 9.59 Å². The minimum Gasteiger partial charge on any atom is -0.330 e. The standard InChI is InChI=1S/C19H27N3O4S/c1-19(2,3)21-27(25,26)15-7-4-6-14(12-15)20-17(23)16-8-5-11-22(16)18(24)13-9-10-13/h4,6-7,12-13,16,21H,5,8-11H2,1-3H3,(H,20,23). The molecule has 2 aliphatic rings. The summed E-state index contributed by atoms with van der Waals surface area (Å²) in [7, 11) is -3.69. The molecule has 1 aromatic carbocycles. The molecule has 8 heteroatoms. The van der Waals surface area contributed by atoms with Crippen LogP contribution in [0.15, 0.2) is 29.2 Å². The number of hydrogen-bond donors (Lipinski definition) is 2. The van der Waals surface area contributed by atoms with Crippen LogP contribution in [0.1, 0.15) is 46.5 Å². The maximum Gasteiger partial charge on any atom is 0.247 e. The number of sulfonamides is 1. The lowest BCUT2D eigenvalue weighted by molar-refractivity contribution is -0.137. The lowest BCUT2D eigenvalue weighted by Crippen LogP contribution is -2.43. The van der Waals surface area contributed by atoms with Crippen molar-refractivity contribution in [1.82, 2.24) is 9.62 Å². The fraction of sp³-hybridized carbons (Fsp3) is 0.579. The van der Waals surface area contributed by atoms with Gasteiger partial charge in [0.15, 0.2) is 0 Å². The van der Waals surface area contributed by atoms with Crippen molar-refractivity contribution < 1.29 is 18.0 Å². The van der Waals surface area contributed by atoms with E-state index in [9.17, 15) is 18.0 Å². The van der Waals surface area contributed by atoms with Crippen LogP contribution in [0.3, 0.4) is 0 Å². The van der Waals surface area contributed by atoms with Crippen LogP contribution >= 0.6 is 0 Å². The van der Waals surface area contributed by atoms with Crippen molar-refractivity contribution in [2.24, 2.45) is 5.92 Å². The highest BCUT2D eigenvalue weighted by Gasteiger charge is 2.40. The monoisotopic (exact) mass is 393 g/mol. The van der Waals surface area contributed by atoms with Crippen LogP contribution in [0.25, 0.3) is 0 Å². The molecule has 1 saturated heterocycles. The fourth-order valence-corrected chi connectivity index (χ4v) is 4.76. The molecule has 0 bridgehead atoms. The van der Waals surface area contributed by atoms with Crippen LogP contribution in [-0.4, -0.2) is 43.3 Å². The summed E-state index contributed by atoms with van der Waals surface area (Å²) in [6.45, 7) is 5.91. The Hall–Kier alpha value is -1.93. The average Bonchev–Trinajstić information content (AvgIpc) is 3.28. The summed E-state index contributed by atoms with van der Waals surface area (Å²) >= 11 is 0. The summed E-state index contributed by atoms with van der Waals surface area (Å²) < 4.78 is 27.6. The number of nitrogens with one attached hydrogen (secondary N) is 2. The first kappa shape index (κ1) is 19.8. The van der Waals surface area contributed by atoms with Gasteiger partial charge in [-0.2, -0.15) is 0 Å². The van der Waals surface area contributed by atoms with Gasteiger partial charge in [-0.15, -0.1) is 0 Å². The van der Waals surface area contributed by atoms with Gasteiger partial charge in [-0.05, 0) is 64.7 Å². The summed E-state index contributed by atoms with van der Waals surface area (Å²) in [5.74, 6) is -0.117. The molecular weight excluding hydrogens is 366 g/mol.